The second-order valence-corrected chi connectivity index (χ2v) is 15.8. The van der Waals surface area contributed by atoms with Gasteiger partial charge in [0.1, 0.15) is 23.8 Å². The molecule has 1 aromatic rings. The average molecular weight is 695 g/mol. The molecule has 13 nitrogen and oxygen atoms in total. The minimum absolute atomic E-state index is 0.0243. The van der Waals surface area contributed by atoms with E-state index in [1.54, 1.807) is 14.0 Å². The number of benzene rings is 1. The van der Waals surface area contributed by atoms with Crippen molar-refractivity contribution in [1.29, 1.82) is 0 Å². The lowest BCUT2D eigenvalue weighted by Crippen LogP contribution is -2.70. The Morgan fingerprint density at radius 2 is 1.84 bits per heavy atom. The van der Waals surface area contributed by atoms with Crippen molar-refractivity contribution in [3.63, 3.8) is 0 Å². The number of nitrogens with zero attached hydrogens (tertiary/aromatic N) is 2. The topological polar surface area (TPSA) is 159 Å². The summed E-state index contributed by atoms with van der Waals surface area (Å²) in [6.07, 6.45) is 2.29. The van der Waals surface area contributed by atoms with Crippen molar-refractivity contribution >= 4 is 17.8 Å². The van der Waals surface area contributed by atoms with Gasteiger partial charge in [-0.2, -0.15) is 0 Å². The summed E-state index contributed by atoms with van der Waals surface area (Å²) >= 11 is 0. The molecule has 3 saturated heterocycles. The molecule has 0 saturated carbocycles. The molecule has 0 aromatic heterocycles. The Morgan fingerprint density at radius 1 is 1.14 bits per heavy atom. The molecule has 5 heterocycles. The highest BCUT2D eigenvalue weighted by Crippen LogP contribution is 2.70. The highest BCUT2D eigenvalue weighted by molar-refractivity contribution is 5.87. The number of nitrogens with one attached hydrogen (secondary N) is 2. The number of piperidine rings is 1. The largest absolute Gasteiger partial charge is 0.508 e. The molecular formula is C37H50N4O9. The molecule has 272 valence electrons. The van der Waals surface area contributed by atoms with Crippen LogP contribution >= 0.6 is 0 Å². The van der Waals surface area contributed by atoms with Gasteiger partial charge in [-0.25, -0.2) is 0 Å². The first-order chi connectivity index (χ1) is 23.5. The van der Waals surface area contributed by atoms with Crippen LogP contribution in [0.25, 0.3) is 0 Å². The van der Waals surface area contributed by atoms with E-state index >= 15 is 0 Å². The van der Waals surface area contributed by atoms with Crippen molar-refractivity contribution in [2.75, 3.05) is 27.0 Å². The number of hydrogen-bond donors (Lipinski definition) is 4. The Morgan fingerprint density at radius 3 is 2.50 bits per heavy atom. The van der Waals surface area contributed by atoms with Crippen molar-refractivity contribution < 1.29 is 43.5 Å². The maximum atomic E-state index is 13.7. The maximum Gasteiger partial charge on any atom is 0.308 e. The predicted octanol–water partition coefficient (Wildman–Crippen LogP) is 2.92. The lowest BCUT2D eigenvalue weighted by Gasteiger charge is -2.59. The number of methoxy groups -OCH3 is 1. The Hall–Kier alpha value is -3.81. The summed E-state index contributed by atoms with van der Waals surface area (Å²) in [5.41, 5.74) is 0.630. The van der Waals surface area contributed by atoms with Crippen LogP contribution in [0.2, 0.25) is 0 Å². The predicted molar refractivity (Wildman–Crippen MR) is 181 cm³/mol. The maximum absolute atomic E-state index is 13.7. The van der Waals surface area contributed by atoms with Crippen molar-refractivity contribution in [2.45, 2.75) is 110 Å². The van der Waals surface area contributed by atoms with Crippen LogP contribution < -0.4 is 24.8 Å². The van der Waals surface area contributed by atoms with Crippen LogP contribution in [0.1, 0.15) is 78.0 Å². The molecule has 1 aliphatic carbocycles. The third-order valence-corrected chi connectivity index (χ3v) is 12.3. The van der Waals surface area contributed by atoms with Crippen LogP contribution in [0.15, 0.2) is 23.2 Å². The van der Waals surface area contributed by atoms with Crippen LogP contribution in [0, 0.1) is 24.7 Å². The Bertz CT molecular complexity index is 1740. The standard InChI is InChI=1S/C37H50N4O9/c1-17(2)10-25(43)39-20(5)34(46)38-14-35(7)27-22(31(50-21(6)42)19(4)32-33(27)49-16-48-32)12-24-36(8)28-23(11-18(3)30(47-9)29(28)45)37(15-40(36)37)13-26(44)41(24)35/h11,17,20,23-24,26,28,44-45H,10,12-16H2,1-9H3,(H,38,46)(H,39,43)/t20-,23?,24?,26+,28?,35?,36+,37?,40?/m1/s1. The molecule has 2 bridgehead atoms. The number of fused-ring (bicyclic) bond motifs is 7. The molecule has 6 aliphatic rings. The first kappa shape index (κ1) is 34.6. The van der Waals surface area contributed by atoms with E-state index in [9.17, 15) is 24.6 Å². The highest BCUT2D eigenvalue weighted by atomic mass is 16.7. The number of hydrogen-bond acceptors (Lipinski definition) is 11. The first-order valence-corrected chi connectivity index (χ1v) is 17.6. The minimum atomic E-state index is -1.13. The van der Waals surface area contributed by atoms with E-state index in [2.05, 4.69) is 33.4 Å². The summed E-state index contributed by atoms with van der Waals surface area (Å²) < 4.78 is 23.8. The second kappa shape index (κ2) is 11.6. The summed E-state index contributed by atoms with van der Waals surface area (Å²) in [5.74, 6) is 0.600. The molecule has 5 aliphatic heterocycles. The number of aliphatic hydroxyl groups is 2. The fourth-order valence-corrected chi connectivity index (χ4v) is 10.3. The van der Waals surface area contributed by atoms with Gasteiger partial charge in [0.25, 0.3) is 0 Å². The van der Waals surface area contributed by atoms with E-state index in [0.717, 1.165) is 17.7 Å². The van der Waals surface area contributed by atoms with Gasteiger partial charge in [0.05, 0.1) is 12.6 Å². The number of rotatable bonds is 8. The summed E-state index contributed by atoms with van der Waals surface area (Å²) in [5, 5.41) is 30.3. The zero-order chi connectivity index (χ0) is 36.2. The number of allylic oxidation sites excluding steroid dienone is 1. The van der Waals surface area contributed by atoms with E-state index in [4.69, 9.17) is 18.9 Å². The summed E-state index contributed by atoms with van der Waals surface area (Å²) in [6.45, 7) is 15.5. The van der Waals surface area contributed by atoms with Crippen LogP contribution in [0.4, 0.5) is 0 Å². The third-order valence-electron chi connectivity index (χ3n) is 12.3. The van der Waals surface area contributed by atoms with Crippen molar-refractivity contribution in [2.24, 2.45) is 17.8 Å². The van der Waals surface area contributed by atoms with Gasteiger partial charge in [0.15, 0.2) is 17.3 Å². The van der Waals surface area contributed by atoms with Crippen molar-refractivity contribution in [1.82, 2.24) is 20.4 Å². The number of ether oxygens (including phenoxy) is 4. The van der Waals surface area contributed by atoms with Crippen molar-refractivity contribution in [3.8, 4) is 17.2 Å². The molecule has 0 radical (unpaired) electrons. The molecular weight excluding hydrogens is 644 g/mol. The lowest BCUT2D eigenvalue weighted by atomic mass is 9.62. The van der Waals surface area contributed by atoms with Gasteiger partial charge >= 0.3 is 5.97 Å². The van der Waals surface area contributed by atoms with Gasteiger partial charge in [-0.05, 0) is 52.5 Å². The van der Waals surface area contributed by atoms with E-state index in [1.807, 2.05) is 34.6 Å². The number of amides is 2. The molecule has 7 rings (SSSR count). The van der Waals surface area contributed by atoms with Gasteiger partial charge in [-0.15, -0.1) is 0 Å². The van der Waals surface area contributed by atoms with Crippen LogP contribution in [-0.2, 0) is 31.1 Å². The smallest absolute Gasteiger partial charge is 0.308 e. The number of carbonyl (C=O) groups excluding carboxylic acids is 3. The van der Waals surface area contributed by atoms with Crippen LogP contribution in [0.5, 0.6) is 17.2 Å². The zero-order valence-corrected chi connectivity index (χ0v) is 30.4. The van der Waals surface area contributed by atoms with E-state index in [-0.39, 0.29) is 48.7 Å². The molecule has 1 aromatic carbocycles. The molecule has 13 heteroatoms. The third kappa shape index (κ3) is 4.72. The van der Waals surface area contributed by atoms with Gasteiger partial charge in [0.2, 0.25) is 18.6 Å². The number of aliphatic hydroxyl groups excluding tert-OH is 2. The SMILES string of the molecule is COC1=C(O)C2C(C=C1C)C13C[C@H](O)N4C(Cc5c(OC(C)=O)c(C)c6c(c5C4(C)CNC(=O)[C@@H](C)NC(=O)CC(C)C)OCO6)[C@]2(C)N1C3. The second-order valence-electron chi connectivity index (χ2n) is 15.8. The quantitative estimate of drug-likeness (QED) is 0.180. The Balaban J connectivity index is 1.38. The van der Waals surface area contributed by atoms with Gasteiger partial charge in [0, 0.05) is 78.5 Å². The normalized spacial score (nSPS) is 35.2. The summed E-state index contributed by atoms with van der Waals surface area (Å²) in [7, 11) is 1.56. The first-order valence-electron chi connectivity index (χ1n) is 17.6. The number of carbonyl (C=O) groups is 3. The van der Waals surface area contributed by atoms with Gasteiger partial charge < -0.3 is 39.8 Å². The Kier molecular flexibility index (Phi) is 8.04. The molecule has 9 atom stereocenters. The molecule has 6 unspecified atom stereocenters. The van der Waals surface area contributed by atoms with E-state index in [0.29, 0.717) is 53.4 Å². The molecule has 3 fully saturated rings. The fourth-order valence-electron chi connectivity index (χ4n) is 10.3. The lowest BCUT2D eigenvalue weighted by molar-refractivity contribution is -0.141. The molecule has 4 N–H and O–H groups in total. The molecule has 0 spiro atoms. The van der Waals surface area contributed by atoms with Gasteiger partial charge in [-0.3, -0.25) is 24.2 Å². The molecule has 2 amide bonds. The number of esters is 1. The van der Waals surface area contributed by atoms with Crippen molar-refractivity contribution in [3.05, 3.63) is 39.9 Å². The highest BCUT2D eigenvalue weighted by Gasteiger charge is 2.80. The van der Waals surface area contributed by atoms with Gasteiger partial charge in [-0.1, -0.05) is 19.9 Å². The average Bonchev–Trinajstić information content (AvgIpc) is 3.49. The zero-order valence-electron chi connectivity index (χ0n) is 30.4. The Labute approximate surface area is 292 Å². The summed E-state index contributed by atoms with van der Waals surface area (Å²) in [6, 6.07) is -1.24. The van der Waals surface area contributed by atoms with E-state index in [1.165, 1.54) is 6.92 Å². The van der Waals surface area contributed by atoms with E-state index < -0.39 is 40.9 Å². The molecule has 50 heavy (non-hydrogen) atoms. The monoisotopic (exact) mass is 694 g/mol. The van der Waals surface area contributed by atoms with Crippen LogP contribution in [-0.4, -0.2) is 94.2 Å². The summed E-state index contributed by atoms with van der Waals surface area (Å²) in [4.78, 5) is 43.3. The minimum Gasteiger partial charge on any atom is -0.508 e. The fraction of sp³-hybridized carbons (Fsp3) is 0.649. The van der Waals surface area contributed by atoms with Crippen LogP contribution in [0.3, 0.4) is 0 Å².